The summed E-state index contributed by atoms with van der Waals surface area (Å²) in [6.45, 7) is 5.89. The van der Waals surface area contributed by atoms with Crippen molar-refractivity contribution in [1.82, 2.24) is 0 Å². The van der Waals surface area contributed by atoms with Gasteiger partial charge in [-0.05, 0) is 29.2 Å². The molecule has 0 aliphatic carbocycles. The zero-order chi connectivity index (χ0) is 14.4. The van der Waals surface area contributed by atoms with Gasteiger partial charge in [-0.1, -0.05) is 20.8 Å². The Morgan fingerprint density at radius 1 is 1.21 bits per heavy atom. The van der Waals surface area contributed by atoms with E-state index in [-0.39, 0.29) is 16.7 Å². The first kappa shape index (κ1) is 13.1. The number of aromatic carboxylic acids is 1. The lowest BCUT2D eigenvalue weighted by molar-refractivity contribution is 0.0692. The van der Waals surface area contributed by atoms with Crippen molar-refractivity contribution in [2.75, 3.05) is 0 Å². The first-order valence-electron chi connectivity index (χ1n) is 5.75. The zero-order valence-electron chi connectivity index (χ0n) is 10.9. The van der Waals surface area contributed by atoms with Crippen molar-refractivity contribution in [2.24, 2.45) is 0 Å². The molecule has 0 amide bonds. The number of rotatable bonds is 1. The molecular weight excluding hydrogens is 248 g/mol. The molecule has 1 heterocycles. The van der Waals surface area contributed by atoms with Crippen LogP contribution in [0.2, 0.25) is 0 Å². The molecule has 2 rings (SSSR count). The van der Waals surface area contributed by atoms with Gasteiger partial charge < -0.3 is 14.6 Å². The average Bonchev–Trinajstić information content (AvgIpc) is 2.27. The number of fused-ring (bicyclic) bond motifs is 1. The van der Waals surface area contributed by atoms with Crippen LogP contribution in [0, 0.1) is 0 Å². The van der Waals surface area contributed by atoms with E-state index >= 15 is 0 Å². The monoisotopic (exact) mass is 262 g/mol. The molecule has 0 saturated heterocycles. The minimum Gasteiger partial charge on any atom is -0.504 e. The molecule has 5 nitrogen and oxygen atoms in total. The molecule has 0 atom stereocenters. The maximum atomic E-state index is 11.5. The molecule has 2 N–H and O–H groups in total. The summed E-state index contributed by atoms with van der Waals surface area (Å²) < 4.78 is 4.87. The molecule has 0 spiro atoms. The van der Waals surface area contributed by atoms with Gasteiger partial charge in [0, 0.05) is 5.39 Å². The smallest absolute Gasteiger partial charge is 0.351 e. The fourth-order valence-electron chi connectivity index (χ4n) is 1.80. The molecule has 0 fully saturated rings. The van der Waals surface area contributed by atoms with Crippen LogP contribution >= 0.6 is 0 Å². The van der Waals surface area contributed by atoms with Crippen molar-refractivity contribution < 1.29 is 19.4 Å². The Labute approximate surface area is 109 Å². The zero-order valence-corrected chi connectivity index (χ0v) is 10.9. The van der Waals surface area contributed by atoms with Crippen LogP contribution in [-0.4, -0.2) is 16.2 Å². The quantitative estimate of drug-likeness (QED) is 0.771. The Kier molecular flexibility index (Phi) is 2.85. The minimum atomic E-state index is -1.35. The number of phenolic OH excluding ortho intramolecular Hbond substituents is 1. The Hall–Kier alpha value is -2.30. The van der Waals surface area contributed by atoms with Gasteiger partial charge in [-0.2, -0.15) is 0 Å². The summed E-state index contributed by atoms with van der Waals surface area (Å²) in [5.41, 5.74) is -0.812. The van der Waals surface area contributed by atoms with Crippen LogP contribution in [0.15, 0.2) is 27.4 Å². The molecule has 0 saturated carbocycles. The fourth-order valence-corrected chi connectivity index (χ4v) is 1.80. The summed E-state index contributed by atoms with van der Waals surface area (Å²) in [7, 11) is 0. The van der Waals surface area contributed by atoms with Gasteiger partial charge in [-0.15, -0.1) is 0 Å². The van der Waals surface area contributed by atoms with Gasteiger partial charge in [0.1, 0.15) is 5.56 Å². The average molecular weight is 262 g/mol. The topological polar surface area (TPSA) is 87.7 Å². The highest BCUT2D eigenvalue weighted by molar-refractivity contribution is 5.93. The van der Waals surface area contributed by atoms with Crippen LogP contribution in [0.25, 0.3) is 11.0 Å². The summed E-state index contributed by atoms with van der Waals surface area (Å²) in [5, 5.41) is 19.2. The number of aromatic hydroxyl groups is 1. The van der Waals surface area contributed by atoms with Crippen LogP contribution in [0.5, 0.6) is 5.75 Å². The van der Waals surface area contributed by atoms with Crippen molar-refractivity contribution in [3.8, 4) is 5.75 Å². The van der Waals surface area contributed by atoms with E-state index < -0.39 is 17.2 Å². The third-order valence-electron chi connectivity index (χ3n) is 2.91. The van der Waals surface area contributed by atoms with E-state index in [1.807, 2.05) is 20.8 Å². The van der Waals surface area contributed by atoms with Gasteiger partial charge in [-0.25, -0.2) is 9.59 Å². The highest BCUT2D eigenvalue weighted by Crippen LogP contribution is 2.32. The first-order valence-corrected chi connectivity index (χ1v) is 5.75. The number of carbonyl (C=O) groups is 1. The number of hydrogen-bond acceptors (Lipinski definition) is 4. The van der Waals surface area contributed by atoms with Gasteiger partial charge in [0.2, 0.25) is 0 Å². The molecule has 0 unspecified atom stereocenters. The van der Waals surface area contributed by atoms with Crippen LogP contribution < -0.4 is 5.63 Å². The molecule has 0 aliphatic heterocycles. The Morgan fingerprint density at radius 2 is 1.84 bits per heavy atom. The lowest BCUT2D eigenvalue weighted by atomic mass is 9.86. The summed E-state index contributed by atoms with van der Waals surface area (Å²) in [6.07, 6.45) is 0. The maximum absolute atomic E-state index is 11.5. The van der Waals surface area contributed by atoms with Gasteiger partial charge in [-0.3, -0.25) is 0 Å². The number of hydrogen-bond donors (Lipinski definition) is 2. The number of benzene rings is 1. The third kappa shape index (κ3) is 2.31. The number of phenols is 1. The predicted molar refractivity (Wildman–Crippen MR) is 69.8 cm³/mol. The van der Waals surface area contributed by atoms with Crippen LogP contribution in [0.1, 0.15) is 36.7 Å². The fraction of sp³-hybridized carbons (Fsp3) is 0.286. The normalized spacial score (nSPS) is 11.7. The van der Waals surface area contributed by atoms with E-state index in [1.165, 1.54) is 12.1 Å². The van der Waals surface area contributed by atoms with Crippen molar-refractivity contribution in [1.29, 1.82) is 0 Å². The van der Waals surface area contributed by atoms with E-state index in [0.717, 1.165) is 5.56 Å². The largest absolute Gasteiger partial charge is 0.504 e. The molecule has 19 heavy (non-hydrogen) atoms. The van der Waals surface area contributed by atoms with Crippen LogP contribution in [-0.2, 0) is 5.41 Å². The third-order valence-corrected chi connectivity index (χ3v) is 2.91. The van der Waals surface area contributed by atoms with E-state index in [0.29, 0.717) is 5.39 Å². The number of carboxylic acid groups (broad SMARTS) is 1. The van der Waals surface area contributed by atoms with Crippen molar-refractivity contribution in [2.45, 2.75) is 26.2 Å². The van der Waals surface area contributed by atoms with Crippen molar-refractivity contribution in [3.05, 3.63) is 39.7 Å². The molecule has 0 bridgehead atoms. The van der Waals surface area contributed by atoms with Gasteiger partial charge >= 0.3 is 11.6 Å². The SMILES string of the molecule is CC(C)(C)c1cc(O)c2oc(=O)c(C(=O)O)cc2c1. The van der Waals surface area contributed by atoms with E-state index in [9.17, 15) is 14.7 Å². The minimum absolute atomic E-state index is 0.00278. The van der Waals surface area contributed by atoms with Crippen molar-refractivity contribution in [3.63, 3.8) is 0 Å². The number of carboxylic acids is 1. The highest BCUT2D eigenvalue weighted by Gasteiger charge is 2.19. The van der Waals surface area contributed by atoms with Crippen LogP contribution in [0.4, 0.5) is 0 Å². The summed E-state index contributed by atoms with van der Waals surface area (Å²) in [6, 6.07) is 4.45. The first-order chi connectivity index (χ1) is 8.70. The lowest BCUT2D eigenvalue weighted by Gasteiger charge is -2.19. The molecule has 100 valence electrons. The Morgan fingerprint density at radius 3 is 2.37 bits per heavy atom. The molecular formula is C14H14O5. The second-order valence-corrected chi connectivity index (χ2v) is 5.42. The Balaban J connectivity index is 2.83. The van der Waals surface area contributed by atoms with E-state index in [1.54, 1.807) is 6.07 Å². The highest BCUT2D eigenvalue weighted by atomic mass is 16.4. The molecule has 1 aromatic heterocycles. The van der Waals surface area contributed by atoms with Gasteiger partial charge in [0.05, 0.1) is 0 Å². The predicted octanol–water partition coefficient (Wildman–Crippen LogP) is 2.49. The van der Waals surface area contributed by atoms with Gasteiger partial charge in [0.25, 0.3) is 0 Å². The van der Waals surface area contributed by atoms with Crippen LogP contribution in [0.3, 0.4) is 0 Å². The van der Waals surface area contributed by atoms with Crippen molar-refractivity contribution >= 4 is 16.9 Å². The maximum Gasteiger partial charge on any atom is 0.351 e. The Bertz CT molecular complexity index is 719. The molecule has 0 aliphatic rings. The summed E-state index contributed by atoms with van der Waals surface area (Å²) >= 11 is 0. The lowest BCUT2D eigenvalue weighted by Crippen LogP contribution is -2.14. The van der Waals surface area contributed by atoms with E-state index in [2.05, 4.69) is 0 Å². The second-order valence-electron chi connectivity index (χ2n) is 5.42. The summed E-state index contributed by atoms with van der Waals surface area (Å²) in [4.78, 5) is 22.4. The molecule has 1 aromatic carbocycles. The summed E-state index contributed by atoms with van der Waals surface area (Å²) in [5.74, 6) is -1.52. The van der Waals surface area contributed by atoms with E-state index in [4.69, 9.17) is 9.52 Å². The second kappa shape index (κ2) is 4.12. The standard InChI is InChI=1S/C14H14O5/c1-14(2,3)8-4-7-5-9(12(16)17)13(18)19-11(7)10(15)6-8/h4-6,15H,1-3H3,(H,16,17). The van der Waals surface area contributed by atoms with Gasteiger partial charge in [0.15, 0.2) is 11.3 Å². The molecule has 2 aromatic rings. The molecule has 5 heteroatoms. The molecule has 0 radical (unpaired) electrons.